The van der Waals surface area contributed by atoms with E-state index in [0.717, 1.165) is 43.1 Å². The Morgan fingerprint density at radius 1 is 1.07 bits per heavy atom. The largest absolute Gasteiger partial charge is 0.493 e. The van der Waals surface area contributed by atoms with Crippen LogP contribution in [0.15, 0.2) is 30.3 Å². The van der Waals surface area contributed by atoms with Crippen LogP contribution in [-0.2, 0) is 24.2 Å². The Balaban J connectivity index is 1.49. The van der Waals surface area contributed by atoms with Crippen molar-refractivity contribution < 1.29 is 14.3 Å². The van der Waals surface area contributed by atoms with Gasteiger partial charge in [-0.3, -0.25) is 9.69 Å². The van der Waals surface area contributed by atoms with Crippen molar-refractivity contribution in [3.63, 3.8) is 0 Å². The smallest absolute Gasteiger partial charge is 0.224 e. The van der Waals surface area contributed by atoms with Gasteiger partial charge in [0.1, 0.15) is 0 Å². The predicted octanol–water partition coefficient (Wildman–Crippen LogP) is 3.73. The maximum atomic E-state index is 12.2. The highest BCUT2D eigenvalue weighted by molar-refractivity contribution is 6.42. The van der Waals surface area contributed by atoms with Crippen molar-refractivity contribution in [1.82, 2.24) is 10.2 Å². The molecule has 150 valence electrons. The lowest BCUT2D eigenvalue weighted by atomic mass is 9.99. The van der Waals surface area contributed by atoms with Gasteiger partial charge in [-0.1, -0.05) is 29.3 Å². The summed E-state index contributed by atoms with van der Waals surface area (Å²) >= 11 is 11.9. The molecule has 2 aromatic carbocycles. The van der Waals surface area contributed by atoms with Crippen molar-refractivity contribution in [3.8, 4) is 11.5 Å². The van der Waals surface area contributed by atoms with Crippen LogP contribution in [0.25, 0.3) is 0 Å². The average molecular weight is 423 g/mol. The molecule has 5 nitrogen and oxygen atoms in total. The Hall–Kier alpha value is -1.95. The third kappa shape index (κ3) is 5.10. The molecule has 0 atom stereocenters. The SMILES string of the molecule is COc1cc2c(cc1OC)CN(CCNC(=O)Cc1ccc(Cl)c(Cl)c1)CC2. The molecule has 0 bridgehead atoms. The van der Waals surface area contributed by atoms with E-state index < -0.39 is 0 Å². The van der Waals surface area contributed by atoms with Crippen molar-refractivity contribution in [1.29, 1.82) is 0 Å². The quantitative estimate of drug-likeness (QED) is 0.738. The van der Waals surface area contributed by atoms with E-state index in [0.29, 0.717) is 16.6 Å². The Morgan fingerprint density at radius 2 is 1.79 bits per heavy atom. The van der Waals surface area contributed by atoms with Crippen molar-refractivity contribution in [2.45, 2.75) is 19.4 Å². The lowest BCUT2D eigenvalue weighted by Crippen LogP contribution is -2.38. The van der Waals surface area contributed by atoms with E-state index >= 15 is 0 Å². The topological polar surface area (TPSA) is 50.8 Å². The number of nitrogens with zero attached hydrogens (tertiary/aromatic N) is 1. The lowest BCUT2D eigenvalue weighted by Gasteiger charge is -2.29. The molecule has 1 aliphatic heterocycles. The molecule has 1 aliphatic rings. The van der Waals surface area contributed by atoms with Gasteiger partial charge >= 0.3 is 0 Å². The first-order valence-corrected chi connectivity index (χ1v) is 9.92. The summed E-state index contributed by atoms with van der Waals surface area (Å²) in [6, 6.07) is 9.36. The molecule has 0 unspecified atom stereocenters. The van der Waals surface area contributed by atoms with Crippen molar-refractivity contribution in [3.05, 3.63) is 57.1 Å². The highest BCUT2D eigenvalue weighted by atomic mass is 35.5. The van der Waals surface area contributed by atoms with Gasteiger partial charge in [-0.2, -0.15) is 0 Å². The molecule has 1 amide bonds. The van der Waals surface area contributed by atoms with Crippen molar-refractivity contribution >= 4 is 29.1 Å². The van der Waals surface area contributed by atoms with Gasteiger partial charge in [0.05, 0.1) is 30.7 Å². The van der Waals surface area contributed by atoms with Crippen LogP contribution in [0.2, 0.25) is 10.0 Å². The van der Waals surface area contributed by atoms with Gasteiger partial charge in [0.25, 0.3) is 0 Å². The molecular formula is C21H24Cl2N2O3. The highest BCUT2D eigenvalue weighted by Gasteiger charge is 2.19. The second-order valence-electron chi connectivity index (χ2n) is 6.78. The van der Waals surface area contributed by atoms with Gasteiger partial charge < -0.3 is 14.8 Å². The number of carbonyl (C=O) groups excluding carboxylic acids is 1. The first-order valence-electron chi connectivity index (χ1n) is 9.17. The van der Waals surface area contributed by atoms with Gasteiger partial charge in [0.2, 0.25) is 5.91 Å². The molecule has 0 aliphatic carbocycles. The van der Waals surface area contributed by atoms with Crippen molar-refractivity contribution in [2.75, 3.05) is 33.9 Å². The predicted molar refractivity (Wildman–Crippen MR) is 112 cm³/mol. The first-order chi connectivity index (χ1) is 13.5. The summed E-state index contributed by atoms with van der Waals surface area (Å²) in [6.45, 7) is 3.17. The number of hydrogen-bond donors (Lipinski definition) is 1. The molecule has 0 aromatic heterocycles. The van der Waals surface area contributed by atoms with Gasteiger partial charge in [-0.15, -0.1) is 0 Å². The van der Waals surface area contributed by atoms with Gasteiger partial charge in [0.15, 0.2) is 11.5 Å². The number of rotatable bonds is 7. The normalized spacial score (nSPS) is 13.7. The third-order valence-corrected chi connectivity index (χ3v) is 5.64. The number of benzene rings is 2. The van der Waals surface area contributed by atoms with Crippen LogP contribution in [-0.4, -0.2) is 44.7 Å². The van der Waals surface area contributed by atoms with E-state index in [-0.39, 0.29) is 12.3 Å². The Morgan fingerprint density at radius 3 is 2.46 bits per heavy atom. The number of amides is 1. The summed E-state index contributed by atoms with van der Waals surface area (Å²) in [5.74, 6) is 1.49. The number of halogens is 2. The fourth-order valence-corrected chi connectivity index (χ4v) is 3.70. The molecule has 2 aromatic rings. The van der Waals surface area contributed by atoms with Crippen LogP contribution in [0, 0.1) is 0 Å². The number of ether oxygens (including phenoxy) is 2. The summed E-state index contributed by atoms with van der Waals surface area (Å²) in [6.07, 6.45) is 1.24. The maximum Gasteiger partial charge on any atom is 0.224 e. The minimum Gasteiger partial charge on any atom is -0.493 e. The summed E-state index contributed by atoms with van der Waals surface area (Å²) in [7, 11) is 3.30. The Labute approximate surface area is 175 Å². The van der Waals surface area contributed by atoms with Crippen LogP contribution in [0.4, 0.5) is 0 Å². The third-order valence-electron chi connectivity index (χ3n) is 4.90. The molecule has 1 heterocycles. The second kappa shape index (κ2) is 9.50. The van der Waals surface area contributed by atoms with E-state index in [4.69, 9.17) is 32.7 Å². The van der Waals surface area contributed by atoms with Gasteiger partial charge in [-0.25, -0.2) is 0 Å². The summed E-state index contributed by atoms with van der Waals surface area (Å²) in [5, 5.41) is 3.93. The lowest BCUT2D eigenvalue weighted by molar-refractivity contribution is -0.120. The first kappa shape index (κ1) is 20.8. The monoisotopic (exact) mass is 422 g/mol. The number of carbonyl (C=O) groups is 1. The van der Waals surface area contributed by atoms with Gasteiger partial charge in [-0.05, 0) is 47.4 Å². The van der Waals surface area contributed by atoms with E-state index in [2.05, 4.69) is 16.3 Å². The zero-order valence-electron chi connectivity index (χ0n) is 16.1. The van der Waals surface area contributed by atoms with E-state index in [1.165, 1.54) is 11.1 Å². The van der Waals surface area contributed by atoms with Crippen LogP contribution in [0.1, 0.15) is 16.7 Å². The number of methoxy groups -OCH3 is 2. The molecule has 0 fully saturated rings. The number of fused-ring (bicyclic) bond motifs is 1. The average Bonchev–Trinajstić information content (AvgIpc) is 2.69. The minimum absolute atomic E-state index is 0.0257. The highest BCUT2D eigenvalue weighted by Crippen LogP contribution is 2.33. The summed E-state index contributed by atoms with van der Waals surface area (Å²) in [5.41, 5.74) is 3.38. The van der Waals surface area contributed by atoms with Crippen molar-refractivity contribution in [2.24, 2.45) is 0 Å². The molecule has 3 rings (SSSR count). The molecule has 0 saturated heterocycles. The van der Waals surface area contributed by atoms with Crippen LogP contribution >= 0.6 is 23.2 Å². The Kier molecular flexibility index (Phi) is 7.05. The van der Waals surface area contributed by atoms with E-state index in [9.17, 15) is 4.79 Å². The molecular weight excluding hydrogens is 399 g/mol. The van der Waals surface area contributed by atoms with E-state index in [1.54, 1.807) is 26.4 Å². The number of nitrogens with one attached hydrogen (secondary N) is 1. The van der Waals surface area contributed by atoms with Crippen LogP contribution < -0.4 is 14.8 Å². The molecule has 0 spiro atoms. The maximum absolute atomic E-state index is 12.2. The zero-order chi connectivity index (χ0) is 20.1. The second-order valence-corrected chi connectivity index (χ2v) is 7.59. The zero-order valence-corrected chi connectivity index (χ0v) is 17.6. The van der Waals surface area contributed by atoms with E-state index in [1.807, 2.05) is 12.1 Å². The molecule has 7 heteroatoms. The molecule has 0 saturated carbocycles. The Bertz CT molecular complexity index is 858. The fourth-order valence-electron chi connectivity index (χ4n) is 3.38. The van der Waals surface area contributed by atoms with Crippen LogP contribution in [0.5, 0.6) is 11.5 Å². The molecule has 28 heavy (non-hydrogen) atoms. The van der Waals surface area contributed by atoms with Gasteiger partial charge in [0, 0.05) is 26.2 Å². The molecule has 1 N–H and O–H groups in total. The minimum atomic E-state index is -0.0257. The molecule has 0 radical (unpaired) electrons. The summed E-state index contributed by atoms with van der Waals surface area (Å²) in [4.78, 5) is 14.5. The fraction of sp³-hybridized carbons (Fsp3) is 0.381. The summed E-state index contributed by atoms with van der Waals surface area (Å²) < 4.78 is 10.8. The van der Waals surface area contributed by atoms with Crippen LogP contribution in [0.3, 0.4) is 0 Å². The standard InChI is InChI=1S/C21H24Cl2N2O3/c1-27-19-11-15-5-7-25(13-16(15)12-20(19)28-2)8-6-24-21(26)10-14-3-4-17(22)18(23)9-14/h3-4,9,11-12H,5-8,10,13H2,1-2H3,(H,24,26). The number of hydrogen-bond acceptors (Lipinski definition) is 4.